The first-order valence-electron chi connectivity index (χ1n) is 10.5. The quantitative estimate of drug-likeness (QED) is 0.394. The smallest absolute Gasteiger partial charge is 0.333 e. The second-order valence-corrected chi connectivity index (χ2v) is 9.40. The molecular weight excluding hydrogens is 432 g/mol. The van der Waals surface area contributed by atoms with Crippen LogP contribution in [0.4, 0.5) is 0 Å². The number of carbonyl (C=O) groups is 1. The van der Waals surface area contributed by atoms with Gasteiger partial charge < -0.3 is 18.9 Å². The van der Waals surface area contributed by atoms with Crippen molar-refractivity contribution in [2.75, 3.05) is 32.7 Å². The molecule has 0 bridgehead atoms. The fourth-order valence-corrected chi connectivity index (χ4v) is 4.69. The van der Waals surface area contributed by atoms with Crippen LogP contribution in [0.2, 0.25) is 0 Å². The summed E-state index contributed by atoms with van der Waals surface area (Å²) in [6.07, 6.45) is 2.66. The van der Waals surface area contributed by atoms with Crippen LogP contribution in [0.15, 0.2) is 52.9 Å². The molecule has 0 aromatic heterocycles. The zero-order chi connectivity index (χ0) is 23.0. The van der Waals surface area contributed by atoms with Crippen LogP contribution in [-0.2, 0) is 30.7 Å². The van der Waals surface area contributed by atoms with Gasteiger partial charge in [0, 0.05) is 12.2 Å². The lowest BCUT2D eigenvalue weighted by atomic mass is 10.1. The van der Waals surface area contributed by atoms with Crippen LogP contribution < -0.4 is 9.47 Å². The van der Waals surface area contributed by atoms with Crippen LogP contribution in [0.3, 0.4) is 0 Å². The monoisotopic (exact) mass is 460 g/mol. The molecule has 7 nitrogen and oxygen atoms in total. The van der Waals surface area contributed by atoms with Gasteiger partial charge in [-0.15, -0.1) is 0 Å². The zero-order valence-electron chi connectivity index (χ0n) is 18.3. The van der Waals surface area contributed by atoms with Crippen LogP contribution in [0.25, 0.3) is 6.08 Å². The van der Waals surface area contributed by atoms with Crippen molar-refractivity contribution in [1.82, 2.24) is 0 Å². The van der Waals surface area contributed by atoms with Gasteiger partial charge in [-0.3, -0.25) is 0 Å². The Hall–Kier alpha value is -2.84. The molecule has 32 heavy (non-hydrogen) atoms. The number of methoxy groups -OCH3 is 1. The molecule has 0 radical (unpaired) electrons. The summed E-state index contributed by atoms with van der Waals surface area (Å²) >= 11 is 0. The number of ether oxygens (including phenoxy) is 4. The van der Waals surface area contributed by atoms with Crippen molar-refractivity contribution < 1.29 is 32.2 Å². The standard InChI is InChI=1S/C24H28O7S/c1-3-11-29-12-13-30-21-6-4-18(5-7-21)17-31-22-8-9-23-20(16-22)15-19(24(25)28-2)10-14-32(23,26)27/h4-9,15-16H,3,10-14,17H2,1-2H3. The Kier molecular flexibility index (Phi) is 8.30. The molecule has 1 aliphatic heterocycles. The largest absolute Gasteiger partial charge is 0.491 e. The Morgan fingerprint density at radius 2 is 1.72 bits per heavy atom. The molecule has 0 amide bonds. The topological polar surface area (TPSA) is 88.1 Å². The third kappa shape index (κ3) is 6.34. The SMILES string of the molecule is CCCOCCOc1ccc(COc2ccc3c(c2)C=C(C(=O)OC)CCS3(=O)=O)cc1. The zero-order valence-corrected chi connectivity index (χ0v) is 19.2. The average Bonchev–Trinajstić information content (AvgIpc) is 2.93. The number of benzene rings is 2. The molecule has 0 spiro atoms. The highest BCUT2D eigenvalue weighted by Gasteiger charge is 2.25. The molecule has 0 aliphatic carbocycles. The lowest BCUT2D eigenvalue weighted by molar-refractivity contribution is -0.136. The van der Waals surface area contributed by atoms with Crippen molar-refractivity contribution >= 4 is 21.9 Å². The number of esters is 1. The second-order valence-electron chi connectivity index (χ2n) is 7.32. The van der Waals surface area contributed by atoms with Gasteiger partial charge in [0.25, 0.3) is 0 Å². The van der Waals surface area contributed by atoms with Crippen LogP contribution >= 0.6 is 0 Å². The summed E-state index contributed by atoms with van der Waals surface area (Å²) in [5, 5.41) is 0. The molecule has 0 unspecified atom stereocenters. The molecular formula is C24H28O7S. The molecule has 1 aliphatic rings. The number of hydrogen-bond donors (Lipinski definition) is 0. The van der Waals surface area contributed by atoms with Crippen molar-refractivity contribution in [1.29, 1.82) is 0 Å². The summed E-state index contributed by atoms with van der Waals surface area (Å²) in [5.74, 6) is 0.596. The molecule has 0 fully saturated rings. The maximum absolute atomic E-state index is 12.6. The molecule has 0 N–H and O–H groups in total. The van der Waals surface area contributed by atoms with E-state index in [1.807, 2.05) is 24.3 Å². The molecule has 172 valence electrons. The van der Waals surface area contributed by atoms with Crippen LogP contribution in [0.5, 0.6) is 11.5 Å². The van der Waals surface area contributed by atoms with E-state index in [0.717, 1.165) is 24.3 Å². The number of hydrogen-bond acceptors (Lipinski definition) is 7. The number of fused-ring (bicyclic) bond motifs is 1. The average molecular weight is 461 g/mol. The third-order valence-corrected chi connectivity index (χ3v) is 6.69. The Balaban J connectivity index is 1.65. The minimum Gasteiger partial charge on any atom is -0.491 e. The lowest BCUT2D eigenvalue weighted by Gasteiger charge is -2.11. The van der Waals surface area contributed by atoms with E-state index >= 15 is 0 Å². The number of sulfone groups is 1. The summed E-state index contributed by atoms with van der Waals surface area (Å²) in [6.45, 7) is 4.15. The molecule has 8 heteroatoms. The van der Waals surface area contributed by atoms with Crippen LogP contribution in [-0.4, -0.2) is 47.1 Å². The van der Waals surface area contributed by atoms with Gasteiger partial charge in [0.15, 0.2) is 9.84 Å². The van der Waals surface area contributed by atoms with Crippen molar-refractivity contribution in [3.05, 3.63) is 59.2 Å². The Morgan fingerprint density at radius 1 is 0.969 bits per heavy atom. The summed E-state index contributed by atoms with van der Waals surface area (Å²) in [6, 6.07) is 12.3. The Labute approximate surface area is 188 Å². The maximum atomic E-state index is 12.6. The van der Waals surface area contributed by atoms with E-state index in [0.29, 0.717) is 36.7 Å². The normalized spacial score (nSPS) is 14.6. The molecule has 0 atom stereocenters. The molecule has 0 saturated carbocycles. The molecule has 3 rings (SSSR count). The van der Waals surface area contributed by atoms with Crippen LogP contribution in [0, 0.1) is 0 Å². The van der Waals surface area contributed by atoms with E-state index < -0.39 is 15.8 Å². The van der Waals surface area contributed by atoms with Gasteiger partial charge in [-0.05, 0) is 60.4 Å². The first kappa shape index (κ1) is 23.8. The van der Waals surface area contributed by atoms with E-state index in [-0.39, 0.29) is 17.1 Å². The van der Waals surface area contributed by atoms with Gasteiger partial charge in [-0.2, -0.15) is 0 Å². The molecule has 2 aromatic carbocycles. The van der Waals surface area contributed by atoms with Crippen LogP contribution in [0.1, 0.15) is 30.9 Å². The van der Waals surface area contributed by atoms with E-state index in [4.69, 9.17) is 18.9 Å². The Bertz CT molecular complexity index is 1060. The lowest BCUT2D eigenvalue weighted by Crippen LogP contribution is -2.10. The second kappa shape index (κ2) is 11.2. The van der Waals surface area contributed by atoms with Crippen molar-refractivity contribution in [3.8, 4) is 11.5 Å². The van der Waals surface area contributed by atoms with Gasteiger partial charge in [-0.25, -0.2) is 13.2 Å². The number of rotatable bonds is 10. The van der Waals surface area contributed by atoms with E-state index in [1.165, 1.54) is 13.2 Å². The number of carbonyl (C=O) groups excluding carboxylic acids is 1. The van der Waals surface area contributed by atoms with Crippen molar-refractivity contribution in [2.24, 2.45) is 0 Å². The first-order valence-corrected chi connectivity index (χ1v) is 12.2. The van der Waals surface area contributed by atoms with Gasteiger partial charge in [0.05, 0.1) is 24.4 Å². The fourth-order valence-electron chi connectivity index (χ4n) is 3.23. The van der Waals surface area contributed by atoms with E-state index in [2.05, 4.69) is 6.92 Å². The fraction of sp³-hybridized carbons (Fsp3) is 0.375. The van der Waals surface area contributed by atoms with Gasteiger partial charge >= 0.3 is 5.97 Å². The summed E-state index contributed by atoms with van der Waals surface area (Å²) in [4.78, 5) is 12.1. The predicted octanol–water partition coefficient (Wildman–Crippen LogP) is 3.80. The summed E-state index contributed by atoms with van der Waals surface area (Å²) < 4.78 is 46.7. The molecule has 2 aromatic rings. The van der Waals surface area contributed by atoms with Crippen molar-refractivity contribution in [2.45, 2.75) is 31.3 Å². The highest BCUT2D eigenvalue weighted by molar-refractivity contribution is 7.91. The van der Waals surface area contributed by atoms with Gasteiger partial charge in [0.1, 0.15) is 24.7 Å². The molecule has 1 heterocycles. The maximum Gasteiger partial charge on any atom is 0.333 e. The minimum absolute atomic E-state index is 0.110. The Morgan fingerprint density at radius 3 is 2.44 bits per heavy atom. The summed E-state index contributed by atoms with van der Waals surface area (Å²) in [5.41, 5.74) is 1.69. The third-order valence-electron chi connectivity index (χ3n) is 4.91. The highest BCUT2D eigenvalue weighted by atomic mass is 32.2. The summed E-state index contributed by atoms with van der Waals surface area (Å²) in [7, 11) is -2.22. The predicted molar refractivity (Wildman–Crippen MR) is 120 cm³/mol. The molecule has 0 saturated heterocycles. The minimum atomic E-state index is -3.49. The van der Waals surface area contributed by atoms with E-state index in [1.54, 1.807) is 18.2 Å². The highest BCUT2D eigenvalue weighted by Crippen LogP contribution is 2.30. The van der Waals surface area contributed by atoms with Crippen molar-refractivity contribution in [3.63, 3.8) is 0 Å². The first-order chi connectivity index (χ1) is 15.4. The van der Waals surface area contributed by atoms with Gasteiger partial charge in [-0.1, -0.05) is 19.1 Å². The van der Waals surface area contributed by atoms with E-state index in [9.17, 15) is 13.2 Å². The van der Waals surface area contributed by atoms with Gasteiger partial charge in [0.2, 0.25) is 0 Å².